The van der Waals surface area contributed by atoms with Crippen LogP contribution >= 0.6 is 11.8 Å². The number of hydrogen-bond donors (Lipinski definition) is 2. The molecule has 1 saturated heterocycles. The third-order valence-electron chi connectivity index (χ3n) is 3.33. The van der Waals surface area contributed by atoms with Crippen LogP contribution in [-0.4, -0.2) is 28.4 Å². The average molecular weight is 279 g/mol. The number of nitrogens with zero attached hydrogens (tertiary/aromatic N) is 1. The van der Waals surface area contributed by atoms with Gasteiger partial charge in [0.2, 0.25) is 5.91 Å². The van der Waals surface area contributed by atoms with Crippen LogP contribution in [0.15, 0.2) is 12.1 Å². The molecule has 1 atom stereocenters. The van der Waals surface area contributed by atoms with Gasteiger partial charge in [0.1, 0.15) is 5.69 Å². The summed E-state index contributed by atoms with van der Waals surface area (Å²) in [6, 6.07) is 3.44. The zero-order chi connectivity index (χ0) is 13.4. The predicted octanol–water partition coefficient (Wildman–Crippen LogP) is 2.01. The first-order chi connectivity index (χ1) is 9.13. The van der Waals surface area contributed by atoms with Crippen molar-refractivity contribution < 1.29 is 9.72 Å². The van der Waals surface area contributed by atoms with Crippen molar-refractivity contribution in [3.63, 3.8) is 0 Å². The van der Waals surface area contributed by atoms with Crippen molar-refractivity contribution >= 4 is 34.7 Å². The van der Waals surface area contributed by atoms with E-state index in [1.54, 1.807) is 6.07 Å². The van der Waals surface area contributed by atoms with Crippen LogP contribution in [0.25, 0.3) is 0 Å². The fourth-order valence-corrected chi connectivity index (χ4v) is 3.55. The minimum Gasteiger partial charge on any atom is -0.376 e. The Morgan fingerprint density at radius 2 is 2.32 bits per heavy atom. The Morgan fingerprint density at radius 3 is 3.00 bits per heavy atom. The number of nitro groups is 1. The molecule has 0 aliphatic carbocycles. The lowest BCUT2D eigenvalue weighted by molar-refractivity contribution is -0.384. The molecule has 0 spiro atoms. The molecule has 2 aliphatic rings. The Labute approximate surface area is 114 Å². The zero-order valence-electron chi connectivity index (χ0n) is 10.1. The van der Waals surface area contributed by atoms with Gasteiger partial charge in [-0.2, -0.15) is 11.8 Å². The molecule has 1 unspecified atom stereocenters. The molecular weight excluding hydrogens is 266 g/mol. The van der Waals surface area contributed by atoms with Gasteiger partial charge in [-0.15, -0.1) is 0 Å². The van der Waals surface area contributed by atoms with Crippen molar-refractivity contribution in [3.8, 4) is 0 Å². The van der Waals surface area contributed by atoms with Gasteiger partial charge in [-0.1, -0.05) is 0 Å². The second-order valence-electron chi connectivity index (χ2n) is 4.71. The van der Waals surface area contributed by atoms with Gasteiger partial charge < -0.3 is 10.6 Å². The minimum absolute atomic E-state index is 0.0483. The third kappa shape index (κ3) is 2.37. The highest BCUT2D eigenvalue weighted by Gasteiger charge is 2.26. The molecule has 3 rings (SSSR count). The number of carbonyl (C=O) groups is 1. The van der Waals surface area contributed by atoms with Gasteiger partial charge >= 0.3 is 0 Å². The topological polar surface area (TPSA) is 84.3 Å². The molecular formula is C12H13N3O3S. The molecule has 1 aromatic carbocycles. The molecule has 2 N–H and O–H groups in total. The van der Waals surface area contributed by atoms with Crippen molar-refractivity contribution in [2.75, 3.05) is 22.1 Å². The highest BCUT2D eigenvalue weighted by Crippen LogP contribution is 2.35. The number of hydrogen-bond acceptors (Lipinski definition) is 5. The maximum absolute atomic E-state index is 11.3. The smallest absolute Gasteiger partial charge is 0.292 e. The fourth-order valence-electron chi connectivity index (χ4n) is 2.40. The number of carbonyl (C=O) groups excluding carboxylic acids is 1. The van der Waals surface area contributed by atoms with Gasteiger partial charge in [0.15, 0.2) is 0 Å². The summed E-state index contributed by atoms with van der Waals surface area (Å²) in [6.45, 7) is 0. The van der Waals surface area contributed by atoms with Crippen LogP contribution in [0.5, 0.6) is 0 Å². The van der Waals surface area contributed by atoms with E-state index in [1.165, 1.54) is 6.07 Å². The standard InChI is InChI=1S/C12H13N3O3S/c16-12-4-7-3-11(15(17)18)10(5-9(7)14-12)13-8-1-2-19-6-8/h3,5,8,13H,1-2,4,6H2,(H,14,16). The van der Waals surface area contributed by atoms with Gasteiger partial charge in [0.05, 0.1) is 11.3 Å². The lowest BCUT2D eigenvalue weighted by Crippen LogP contribution is -2.19. The molecule has 2 heterocycles. The fraction of sp³-hybridized carbons (Fsp3) is 0.417. The van der Waals surface area contributed by atoms with Crippen molar-refractivity contribution in [2.24, 2.45) is 0 Å². The van der Waals surface area contributed by atoms with E-state index in [2.05, 4.69) is 10.6 Å². The van der Waals surface area contributed by atoms with E-state index in [0.717, 1.165) is 17.9 Å². The number of nitro benzene ring substituents is 1. The van der Waals surface area contributed by atoms with Crippen molar-refractivity contribution in [3.05, 3.63) is 27.8 Å². The maximum atomic E-state index is 11.3. The summed E-state index contributed by atoms with van der Waals surface area (Å²) < 4.78 is 0. The number of fused-ring (bicyclic) bond motifs is 1. The summed E-state index contributed by atoms with van der Waals surface area (Å²) in [5, 5.41) is 17.1. The Bertz CT molecular complexity index is 555. The number of benzene rings is 1. The Morgan fingerprint density at radius 1 is 1.47 bits per heavy atom. The summed E-state index contributed by atoms with van der Waals surface area (Å²) in [7, 11) is 0. The monoisotopic (exact) mass is 279 g/mol. The molecule has 0 bridgehead atoms. The summed E-state index contributed by atoms with van der Waals surface area (Å²) >= 11 is 1.84. The second kappa shape index (κ2) is 4.73. The molecule has 1 fully saturated rings. The van der Waals surface area contributed by atoms with Crippen LogP contribution in [0.1, 0.15) is 12.0 Å². The first-order valence-corrected chi connectivity index (χ1v) is 7.24. The van der Waals surface area contributed by atoms with E-state index in [-0.39, 0.29) is 24.1 Å². The maximum Gasteiger partial charge on any atom is 0.292 e. The van der Waals surface area contributed by atoms with Crippen LogP contribution in [0.3, 0.4) is 0 Å². The lowest BCUT2D eigenvalue weighted by atomic mass is 10.1. The van der Waals surface area contributed by atoms with E-state index in [0.29, 0.717) is 16.9 Å². The van der Waals surface area contributed by atoms with Gasteiger partial charge in [0.25, 0.3) is 5.69 Å². The summed E-state index contributed by atoms with van der Waals surface area (Å²) in [5.41, 5.74) is 1.93. The molecule has 1 aromatic rings. The van der Waals surface area contributed by atoms with Crippen LogP contribution in [0.4, 0.5) is 17.1 Å². The first-order valence-electron chi connectivity index (χ1n) is 6.09. The zero-order valence-corrected chi connectivity index (χ0v) is 11.0. The van der Waals surface area contributed by atoms with E-state index in [4.69, 9.17) is 0 Å². The molecule has 0 aromatic heterocycles. The van der Waals surface area contributed by atoms with E-state index in [9.17, 15) is 14.9 Å². The highest BCUT2D eigenvalue weighted by atomic mass is 32.2. The van der Waals surface area contributed by atoms with Gasteiger partial charge in [-0.25, -0.2) is 0 Å². The van der Waals surface area contributed by atoms with Crippen LogP contribution in [-0.2, 0) is 11.2 Å². The highest BCUT2D eigenvalue weighted by molar-refractivity contribution is 7.99. The lowest BCUT2D eigenvalue weighted by Gasteiger charge is -2.14. The quantitative estimate of drug-likeness (QED) is 0.653. The molecule has 2 aliphatic heterocycles. The van der Waals surface area contributed by atoms with Crippen LogP contribution in [0.2, 0.25) is 0 Å². The van der Waals surface area contributed by atoms with Gasteiger partial charge in [-0.05, 0) is 23.8 Å². The van der Waals surface area contributed by atoms with Crippen molar-refractivity contribution in [2.45, 2.75) is 18.9 Å². The number of nitrogens with one attached hydrogen (secondary N) is 2. The predicted molar refractivity (Wildman–Crippen MR) is 74.8 cm³/mol. The average Bonchev–Trinajstić information content (AvgIpc) is 2.95. The molecule has 7 heteroatoms. The Balaban J connectivity index is 1.94. The van der Waals surface area contributed by atoms with Gasteiger partial charge in [0, 0.05) is 23.5 Å². The molecule has 6 nitrogen and oxygen atoms in total. The van der Waals surface area contributed by atoms with E-state index in [1.807, 2.05) is 11.8 Å². The number of thioether (sulfide) groups is 1. The SMILES string of the molecule is O=C1Cc2cc([N+](=O)[O-])c(NC3CCSC3)cc2N1. The Hall–Kier alpha value is -1.76. The second-order valence-corrected chi connectivity index (χ2v) is 5.86. The van der Waals surface area contributed by atoms with E-state index < -0.39 is 4.92 Å². The van der Waals surface area contributed by atoms with Crippen LogP contribution < -0.4 is 10.6 Å². The summed E-state index contributed by atoms with van der Waals surface area (Å²) in [4.78, 5) is 22.1. The molecule has 100 valence electrons. The molecule has 19 heavy (non-hydrogen) atoms. The van der Waals surface area contributed by atoms with Gasteiger partial charge in [-0.3, -0.25) is 14.9 Å². The summed E-state index contributed by atoms with van der Waals surface area (Å²) in [6.07, 6.45) is 1.22. The number of rotatable bonds is 3. The van der Waals surface area contributed by atoms with E-state index >= 15 is 0 Å². The number of amides is 1. The third-order valence-corrected chi connectivity index (χ3v) is 4.50. The normalized spacial score (nSPS) is 21.1. The Kier molecular flexibility index (Phi) is 3.06. The van der Waals surface area contributed by atoms with Crippen molar-refractivity contribution in [1.82, 2.24) is 0 Å². The largest absolute Gasteiger partial charge is 0.376 e. The summed E-state index contributed by atoms with van der Waals surface area (Å²) in [5.74, 6) is 1.92. The molecule has 0 saturated carbocycles. The first kappa shape index (κ1) is 12.3. The molecule has 0 radical (unpaired) electrons. The van der Waals surface area contributed by atoms with Crippen LogP contribution in [0, 0.1) is 10.1 Å². The number of anilines is 2. The minimum atomic E-state index is -0.395. The van der Waals surface area contributed by atoms with Crippen molar-refractivity contribution in [1.29, 1.82) is 0 Å². The molecule has 1 amide bonds.